The molecule has 0 aliphatic carbocycles. The Kier molecular flexibility index (Phi) is 5.41. The van der Waals surface area contributed by atoms with E-state index in [1.165, 1.54) is 0 Å². The summed E-state index contributed by atoms with van der Waals surface area (Å²) in [5.41, 5.74) is 1.25. The average molecular weight is 245 g/mol. The van der Waals surface area contributed by atoms with Crippen LogP contribution in [0, 0.1) is 11.8 Å². The van der Waals surface area contributed by atoms with Gasteiger partial charge in [-0.3, -0.25) is 4.79 Å². The highest BCUT2D eigenvalue weighted by molar-refractivity contribution is 5.96. The third kappa shape index (κ3) is 3.35. The summed E-state index contributed by atoms with van der Waals surface area (Å²) in [5.74, 6) is 5.38. The molecule has 1 amide bonds. The van der Waals surface area contributed by atoms with Crippen molar-refractivity contribution in [2.24, 2.45) is 0 Å². The van der Waals surface area contributed by atoms with Crippen LogP contribution < -0.4 is 0 Å². The number of rotatable bonds is 3. The molecule has 0 aliphatic heterocycles. The molecule has 0 heterocycles. The standard InChI is InChI=1S/C15H19NO2/c1-4-16(12(2)3)15(18)14-10-6-5-8-13(14)9-7-11-17/h5-6,8,10,12,17H,4,11H2,1-3H3. The normalized spacial score (nSPS) is 9.83. The number of hydrogen-bond donors (Lipinski definition) is 1. The Morgan fingerprint density at radius 3 is 2.61 bits per heavy atom. The second kappa shape index (κ2) is 6.83. The van der Waals surface area contributed by atoms with Gasteiger partial charge in [0.15, 0.2) is 0 Å². The molecule has 0 saturated carbocycles. The lowest BCUT2D eigenvalue weighted by Gasteiger charge is -2.25. The smallest absolute Gasteiger partial charge is 0.255 e. The maximum absolute atomic E-state index is 12.4. The van der Waals surface area contributed by atoms with Crippen molar-refractivity contribution < 1.29 is 9.90 Å². The Hall–Kier alpha value is -1.79. The molecule has 0 atom stereocenters. The highest BCUT2D eigenvalue weighted by atomic mass is 16.2. The van der Waals surface area contributed by atoms with E-state index in [9.17, 15) is 4.79 Å². The summed E-state index contributed by atoms with van der Waals surface area (Å²) in [5, 5.41) is 8.73. The van der Waals surface area contributed by atoms with E-state index >= 15 is 0 Å². The van der Waals surface area contributed by atoms with E-state index in [-0.39, 0.29) is 18.6 Å². The van der Waals surface area contributed by atoms with Gasteiger partial charge >= 0.3 is 0 Å². The highest BCUT2D eigenvalue weighted by Gasteiger charge is 2.18. The zero-order valence-electron chi connectivity index (χ0n) is 11.1. The topological polar surface area (TPSA) is 40.5 Å². The van der Waals surface area contributed by atoms with Gasteiger partial charge in [-0.2, -0.15) is 0 Å². The number of benzene rings is 1. The molecule has 0 spiro atoms. The van der Waals surface area contributed by atoms with Crippen LogP contribution in [0.2, 0.25) is 0 Å². The van der Waals surface area contributed by atoms with Crippen molar-refractivity contribution in [1.82, 2.24) is 4.90 Å². The first kappa shape index (κ1) is 14.3. The molecule has 1 rings (SSSR count). The summed E-state index contributed by atoms with van der Waals surface area (Å²) in [4.78, 5) is 14.2. The molecule has 0 fully saturated rings. The van der Waals surface area contributed by atoms with Crippen LogP contribution in [0.1, 0.15) is 36.7 Å². The van der Waals surface area contributed by atoms with Crippen molar-refractivity contribution in [3.05, 3.63) is 35.4 Å². The second-order valence-electron chi connectivity index (χ2n) is 4.19. The van der Waals surface area contributed by atoms with Gasteiger partial charge < -0.3 is 10.0 Å². The van der Waals surface area contributed by atoms with E-state index in [2.05, 4.69) is 11.8 Å². The van der Waals surface area contributed by atoms with E-state index in [4.69, 9.17) is 5.11 Å². The number of aliphatic hydroxyl groups excluding tert-OH is 1. The summed E-state index contributed by atoms with van der Waals surface area (Å²) < 4.78 is 0. The van der Waals surface area contributed by atoms with Crippen LogP contribution in [0.3, 0.4) is 0 Å². The molecule has 18 heavy (non-hydrogen) atoms. The van der Waals surface area contributed by atoms with Crippen molar-refractivity contribution in [2.45, 2.75) is 26.8 Å². The fraction of sp³-hybridized carbons (Fsp3) is 0.400. The third-order valence-corrected chi connectivity index (χ3v) is 2.68. The van der Waals surface area contributed by atoms with E-state index in [0.29, 0.717) is 17.7 Å². The van der Waals surface area contributed by atoms with Crippen LogP contribution in [-0.4, -0.2) is 35.1 Å². The summed E-state index contributed by atoms with van der Waals surface area (Å²) >= 11 is 0. The minimum absolute atomic E-state index is 0.0182. The Balaban J connectivity index is 3.12. The predicted molar refractivity (Wildman–Crippen MR) is 72.3 cm³/mol. The summed E-state index contributed by atoms with van der Waals surface area (Å²) in [6, 6.07) is 7.38. The fourth-order valence-electron chi connectivity index (χ4n) is 1.81. The van der Waals surface area contributed by atoms with Gasteiger partial charge in [0.1, 0.15) is 6.61 Å². The van der Waals surface area contributed by atoms with Gasteiger partial charge in [-0.1, -0.05) is 24.0 Å². The quantitative estimate of drug-likeness (QED) is 0.826. The number of carbonyl (C=O) groups is 1. The summed E-state index contributed by atoms with van der Waals surface area (Å²) in [6.45, 7) is 6.40. The van der Waals surface area contributed by atoms with Crippen molar-refractivity contribution in [3.63, 3.8) is 0 Å². The number of hydrogen-bond acceptors (Lipinski definition) is 2. The van der Waals surface area contributed by atoms with Crippen molar-refractivity contribution >= 4 is 5.91 Å². The second-order valence-corrected chi connectivity index (χ2v) is 4.19. The van der Waals surface area contributed by atoms with E-state index in [1.807, 2.05) is 32.9 Å². The monoisotopic (exact) mass is 245 g/mol. The van der Waals surface area contributed by atoms with Crippen LogP contribution in [-0.2, 0) is 0 Å². The van der Waals surface area contributed by atoms with E-state index < -0.39 is 0 Å². The minimum atomic E-state index is -0.204. The molecule has 3 nitrogen and oxygen atoms in total. The largest absolute Gasteiger partial charge is 0.384 e. The van der Waals surface area contributed by atoms with Crippen molar-refractivity contribution in [2.75, 3.05) is 13.2 Å². The van der Waals surface area contributed by atoms with Gasteiger partial charge in [0.05, 0.1) is 5.56 Å². The molecule has 3 heteroatoms. The molecule has 1 aromatic carbocycles. The zero-order valence-corrected chi connectivity index (χ0v) is 11.1. The average Bonchev–Trinajstić information content (AvgIpc) is 2.37. The van der Waals surface area contributed by atoms with Crippen LogP contribution in [0.5, 0.6) is 0 Å². The highest BCUT2D eigenvalue weighted by Crippen LogP contribution is 2.12. The van der Waals surface area contributed by atoms with Crippen molar-refractivity contribution in [1.29, 1.82) is 0 Å². The Morgan fingerprint density at radius 2 is 2.06 bits per heavy atom. The first-order chi connectivity index (χ1) is 8.61. The van der Waals surface area contributed by atoms with Crippen LogP contribution in [0.4, 0.5) is 0 Å². The zero-order chi connectivity index (χ0) is 13.5. The first-order valence-electron chi connectivity index (χ1n) is 6.11. The molecule has 96 valence electrons. The van der Waals surface area contributed by atoms with Crippen LogP contribution in [0.25, 0.3) is 0 Å². The number of nitrogens with zero attached hydrogens (tertiary/aromatic N) is 1. The Morgan fingerprint density at radius 1 is 1.39 bits per heavy atom. The van der Waals surface area contributed by atoms with Crippen LogP contribution >= 0.6 is 0 Å². The molecule has 0 aliphatic rings. The summed E-state index contributed by atoms with van der Waals surface area (Å²) in [6.07, 6.45) is 0. The SMILES string of the molecule is CCN(C(=O)c1ccccc1C#CCO)C(C)C. The van der Waals surface area contributed by atoms with Gasteiger partial charge in [-0.15, -0.1) is 0 Å². The maximum Gasteiger partial charge on any atom is 0.255 e. The Labute approximate surface area is 108 Å². The summed E-state index contributed by atoms with van der Waals surface area (Å²) in [7, 11) is 0. The van der Waals surface area contributed by atoms with E-state index in [0.717, 1.165) is 0 Å². The maximum atomic E-state index is 12.4. The molecule has 0 bridgehead atoms. The van der Waals surface area contributed by atoms with E-state index in [1.54, 1.807) is 17.0 Å². The first-order valence-corrected chi connectivity index (χ1v) is 6.11. The number of carbonyl (C=O) groups excluding carboxylic acids is 1. The van der Waals surface area contributed by atoms with Gasteiger partial charge in [-0.25, -0.2) is 0 Å². The molecule has 0 saturated heterocycles. The lowest BCUT2D eigenvalue weighted by Crippen LogP contribution is -2.37. The molecular formula is C15H19NO2. The fourth-order valence-corrected chi connectivity index (χ4v) is 1.81. The molecule has 0 aromatic heterocycles. The molecular weight excluding hydrogens is 226 g/mol. The van der Waals surface area contributed by atoms with Crippen molar-refractivity contribution in [3.8, 4) is 11.8 Å². The predicted octanol–water partition coefficient (Wildman–Crippen LogP) is 1.90. The third-order valence-electron chi connectivity index (χ3n) is 2.68. The lowest BCUT2D eigenvalue weighted by molar-refractivity contribution is 0.0716. The lowest BCUT2D eigenvalue weighted by atomic mass is 10.1. The number of aliphatic hydroxyl groups is 1. The Bertz CT molecular complexity index is 469. The van der Waals surface area contributed by atoms with Gasteiger partial charge in [0.25, 0.3) is 5.91 Å². The molecule has 0 radical (unpaired) electrons. The van der Waals surface area contributed by atoms with Crippen LogP contribution in [0.15, 0.2) is 24.3 Å². The van der Waals surface area contributed by atoms with Gasteiger partial charge in [0, 0.05) is 18.2 Å². The molecule has 0 unspecified atom stereocenters. The molecule has 1 aromatic rings. The minimum Gasteiger partial charge on any atom is -0.384 e. The number of amides is 1. The van der Waals surface area contributed by atoms with Gasteiger partial charge in [0.2, 0.25) is 0 Å². The molecule has 1 N–H and O–H groups in total. The van der Waals surface area contributed by atoms with Gasteiger partial charge in [-0.05, 0) is 32.9 Å².